The fraction of sp³-hybridized carbons (Fsp3) is 0.407. The van der Waals surface area contributed by atoms with Crippen LogP contribution in [0.4, 0.5) is 32.0 Å². The number of hydrogen-bond donors (Lipinski definition) is 2. The van der Waals surface area contributed by atoms with Gasteiger partial charge in [0.1, 0.15) is 5.75 Å². The SMILES string of the molecule is COc1ccc2c(c1)C(c1ccccc1)=N[C@H](NC(=O)C(CCC(F)(F)F)C(CCC(F)(F)F)C(N)=O)C(=O)N2C. The molecule has 0 aliphatic carbocycles. The minimum atomic E-state index is -4.78. The van der Waals surface area contributed by atoms with Crippen LogP contribution in [0.2, 0.25) is 0 Å². The molecule has 0 fully saturated rings. The normalized spacial score (nSPS) is 17.2. The van der Waals surface area contributed by atoms with E-state index in [1.165, 1.54) is 19.1 Å². The van der Waals surface area contributed by atoms with Crippen molar-refractivity contribution in [3.05, 3.63) is 59.7 Å². The molecule has 41 heavy (non-hydrogen) atoms. The fourth-order valence-electron chi connectivity index (χ4n) is 4.54. The Balaban J connectivity index is 2.05. The number of likely N-dealkylation sites (N-methyl/N-ethyl adjacent to an activating group) is 1. The second kappa shape index (κ2) is 12.6. The standard InChI is InChI=1S/C27H28F6N4O4/c1-37-20-9-8-16(41-2)14-19(20)21(15-6-4-3-5-7-15)35-23(25(37)40)36-24(39)18(11-13-27(31,32)33)17(22(34)38)10-12-26(28,29)30/h3-9,14,17-18,23H,10-13H2,1-2H3,(H2,34,38)(H,36,39)/t17?,18?,23-/m1/s1. The van der Waals surface area contributed by atoms with Gasteiger partial charge in [-0.15, -0.1) is 0 Å². The van der Waals surface area contributed by atoms with Crippen LogP contribution in [0.15, 0.2) is 53.5 Å². The zero-order valence-corrected chi connectivity index (χ0v) is 22.1. The lowest BCUT2D eigenvalue weighted by atomic mass is 9.83. The summed E-state index contributed by atoms with van der Waals surface area (Å²) in [6.45, 7) is 0. The minimum Gasteiger partial charge on any atom is -0.497 e. The van der Waals surface area contributed by atoms with Gasteiger partial charge >= 0.3 is 12.4 Å². The molecule has 3 amide bonds. The Morgan fingerprint density at radius 1 is 1.00 bits per heavy atom. The quantitative estimate of drug-likeness (QED) is 0.403. The third kappa shape index (κ3) is 8.21. The first-order valence-corrected chi connectivity index (χ1v) is 12.4. The number of nitrogens with zero attached hydrogens (tertiary/aromatic N) is 2. The Morgan fingerprint density at radius 3 is 2.12 bits per heavy atom. The Bertz CT molecular complexity index is 1300. The van der Waals surface area contributed by atoms with E-state index in [0.29, 0.717) is 22.6 Å². The highest BCUT2D eigenvalue weighted by Gasteiger charge is 2.41. The number of benzene rings is 2. The number of ether oxygens (including phenoxy) is 1. The lowest BCUT2D eigenvalue weighted by Crippen LogP contribution is -2.50. The molecule has 3 rings (SSSR count). The van der Waals surface area contributed by atoms with Gasteiger partial charge in [-0.2, -0.15) is 26.3 Å². The summed E-state index contributed by atoms with van der Waals surface area (Å²) in [7, 11) is 2.83. The number of benzodiazepines with no additional fused rings is 1. The summed E-state index contributed by atoms with van der Waals surface area (Å²) in [6, 6.07) is 13.3. The van der Waals surface area contributed by atoms with Crippen molar-refractivity contribution in [1.29, 1.82) is 0 Å². The molecule has 0 aromatic heterocycles. The molecule has 2 aromatic carbocycles. The van der Waals surface area contributed by atoms with Crippen LogP contribution in [0.25, 0.3) is 0 Å². The van der Waals surface area contributed by atoms with Crippen LogP contribution in [-0.4, -0.2) is 56.1 Å². The highest BCUT2D eigenvalue weighted by Crippen LogP contribution is 2.34. The van der Waals surface area contributed by atoms with Gasteiger partial charge in [-0.05, 0) is 31.0 Å². The van der Waals surface area contributed by atoms with Crippen LogP contribution in [0, 0.1) is 11.8 Å². The highest BCUT2D eigenvalue weighted by molar-refractivity contribution is 6.20. The van der Waals surface area contributed by atoms with Crippen LogP contribution >= 0.6 is 0 Å². The average Bonchev–Trinajstić information content (AvgIpc) is 2.99. The molecule has 2 aromatic rings. The molecular weight excluding hydrogens is 558 g/mol. The number of fused-ring (bicyclic) bond motifs is 1. The zero-order valence-electron chi connectivity index (χ0n) is 22.1. The van der Waals surface area contributed by atoms with Crippen LogP contribution in [-0.2, 0) is 14.4 Å². The van der Waals surface area contributed by atoms with E-state index in [0.717, 1.165) is 0 Å². The number of carbonyl (C=O) groups excluding carboxylic acids is 3. The Labute approximate surface area is 231 Å². The molecule has 222 valence electrons. The highest BCUT2D eigenvalue weighted by atomic mass is 19.4. The summed E-state index contributed by atoms with van der Waals surface area (Å²) >= 11 is 0. The molecule has 0 bridgehead atoms. The molecule has 0 saturated heterocycles. The van der Waals surface area contributed by atoms with Crippen LogP contribution < -0.4 is 20.7 Å². The van der Waals surface area contributed by atoms with Gasteiger partial charge < -0.3 is 20.7 Å². The first kappa shape index (κ1) is 31.4. The fourth-order valence-corrected chi connectivity index (χ4v) is 4.54. The van der Waals surface area contributed by atoms with Gasteiger partial charge in [0.15, 0.2) is 0 Å². The van der Waals surface area contributed by atoms with E-state index in [2.05, 4.69) is 10.3 Å². The molecule has 8 nitrogen and oxygen atoms in total. The Kier molecular flexibility index (Phi) is 9.66. The topological polar surface area (TPSA) is 114 Å². The number of amides is 3. The van der Waals surface area contributed by atoms with E-state index >= 15 is 0 Å². The van der Waals surface area contributed by atoms with E-state index in [9.17, 15) is 40.7 Å². The van der Waals surface area contributed by atoms with Crippen molar-refractivity contribution in [2.24, 2.45) is 22.6 Å². The maximum absolute atomic E-state index is 13.4. The second-order valence-corrected chi connectivity index (χ2v) is 9.46. The number of alkyl halides is 6. The maximum Gasteiger partial charge on any atom is 0.389 e. The number of anilines is 1. The van der Waals surface area contributed by atoms with Gasteiger partial charge in [0.2, 0.25) is 18.0 Å². The number of methoxy groups -OCH3 is 1. The summed E-state index contributed by atoms with van der Waals surface area (Å²) in [5.41, 5.74) is 6.83. The smallest absolute Gasteiger partial charge is 0.389 e. The lowest BCUT2D eigenvalue weighted by molar-refractivity contribution is -0.152. The number of rotatable bonds is 10. The number of primary amides is 1. The number of aliphatic imine (C=N–C) groups is 1. The van der Waals surface area contributed by atoms with Crippen LogP contribution in [0.5, 0.6) is 5.75 Å². The maximum atomic E-state index is 13.4. The molecule has 1 heterocycles. The first-order chi connectivity index (χ1) is 19.1. The summed E-state index contributed by atoms with van der Waals surface area (Å²) in [5, 5.41) is 2.27. The zero-order chi connectivity index (χ0) is 30.5. The van der Waals surface area contributed by atoms with Gasteiger partial charge in [0, 0.05) is 42.9 Å². The van der Waals surface area contributed by atoms with Crippen molar-refractivity contribution >= 4 is 29.1 Å². The van der Waals surface area contributed by atoms with E-state index in [4.69, 9.17) is 10.5 Å². The van der Waals surface area contributed by atoms with Crippen molar-refractivity contribution in [3.63, 3.8) is 0 Å². The number of nitrogens with two attached hydrogens (primary N) is 1. The van der Waals surface area contributed by atoms with E-state index in [1.807, 2.05) is 0 Å². The van der Waals surface area contributed by atoms with Crippen molar-refractivity contribution in [1.82, 2.24) is 5.32 Å². The third-order valence-corrected chi connectivity index (χ3v) is 6.63. The predicted molar refractivity (Wildman–Crippen MR) is 137 cm³/mol. The van der Waals surface area contributed by atoms with E-state index in [1.54, 1.807) is 48.5 Å². The van der Waals surface area contributed by atoms with Crippen molar-refractivity contribution < 1.29 is 45.5 Å². The number of hydrogen-bond acceptors (Lipinski definition) is 5. The van der Waals surface area contributed by atoms with Gasteiger partial charge in [-0.1, -0.05) is 30.3 Å². The summed E-state index contributed by atoms with van der Waals surface area (Å²) < 4.78 is 83.3. The van der Waals surface area contributed by atoms with E-state index in [-0.39, 0.29) is 5.71 Å². The molecule has 2 unspecified atom stereocenters. The van der Waals surface area contributed by atoms with Gasteiger partial charge in [-0.3, -0.25) is 14.4 Å². The third-order valence-electron chi connectivity index (χ3n) is 6.63. The van der Waals surface area contributed by atoms with Crippen molar-refractivity contribution in [2.45, 2.75) is 44.2 Å². The van der Waals surface area contributed by atoms with Gasteiger partial charge in [0.05, 0.1) is 18.5 Å². The first-order valence-electron chi connectivity index (χ1n) is 12.4. The molecule has 14 heteroatoms. The summed E-state index contributed by atoms with van der Waals surface area (Å²) in [4.78, 5) is 44.5. The molecular formula is C27H28F6N4O4. The molecule has 0 saturated carbocycles. The van der Waals surface area contributed by atoms with Crippen LogP contribution in [0.1, 0.15) is 36.8 Å². The molecule has 0 spiro atoms. The largest absolute Gasteiger partial charge is 0.497 e. The van der Waals surface area contributed by atoms with Crippen molar-refractivity contribution in [2.75, 3.05) is 19.1 Å². The van der Waals surface area contributed by atoms with Crippen LogP contribution in [0.3, 0.4) is 0 Å². The molecule has 3 atom stereocenters. The van der Waals surface area contributed by atoms with Gasteiger partial charge in [-0.25, -0.2) is 4.99 Å². The van der Waals surface area contributed by atoms with Crippen molar-refractivity contribution in [3.8, 4) is 5.75 Å². The molecule has 0 radical (unpaired) electrons. The van der Waals surface area contributed by atoms with E-state index < -0.39 is 73.8 Å². The summed E-state index contributed by atoms with van der Waals surface area (Å²) in [5.74, 6) is -6.76. The number of carbonyl (C=O) groups is 3. The second-order valence-electron chi connectivity index (χ2n) is 9.46. The molecule has 1 aliphatic rings. The average molecular weight is 587 g/mol. The monoisotopic (exact) mass is 586 g/mol. The number of nitrogens with one attached hydrogen (secondary N) is 1. The summed E-state index contributed by atoms with van der Waals surface area (Å²) in [6.07, 6.45) is -16.4. The van der Waals surface area contributed by atoms with Gasteiger partial charge in [0.25, 0.3) is 5.91 Å². The predicted octanol–water partition coefficient (Wildman–Crippen LogP) is 4.35. The molecule has 3 N–H and O–H groups in total. The minimum absolute atomic E-state index is 0.234. The Hall–Kier alpha value is -4.10. The number of halogens is 6. The lowest BCUT2D eigenvalue weighted by Gasteiger charge is -2.27. The molecule has 1 aliphatic heterocycles. The Morgan fingerprint density at radius 2 is 1.59 bits per heavy atom.